The van der Waals surface area contributed by atoms with Crippen molar-refractivity contribution in [1.29, 1.82) is 0 Å². The van der Waals surface area contributed by atoms with E-state index in [9.17, 15) is 29.6 Å². The summed E-state index contributed by atoms with van der Waals surface area (Å²) >= 11 is 0. The molecule has 10 heteroatoms. The van der Waals surface area contributed by atoms with Gasteiger partial charge < -0.3 is 15.8 Å². The number of aldehydes is 1. The van der Waals surface area contributed by atoms with Crippen LogP contribution in [0.4, 0.5) is 0 Å². The summed E-state index contributed by atoms with van der Waals surface area (Å²) in [6.07, 6.45) is 4.95. The van der Waals surface area contributed by atoms with Crippen molar-refractivity contribution in [2.75, 3.05) is 26.2 Å². The van der Waals surface area contributed by atoms with E-state index < -0.39 is 11.8 Å². The molecule has 3 amide bonds. The molecule has 0 aliphatic carbocycles. The Kier molecular flexibility index (Phi) is 15.8. The third kappa shape index (κ3) is 14.1. The maximum atomic E-state index is 11.7. The zero-order chi connectivity index (χ0) is 21.2. The zero-order valence-corrected chi connectivity index (χ0v) is 16.5. The van der Waals surface area contributed by atoms with E-state index in [1.54, 1.807) is 0 Å². The first-order chi connectivity index (χ1) is 13.4. The van der Waals surface area contributed by atoms with Gasteiger partial charge in [0.25, 0.3) is 0 Å². The molecule has 0 heterocycles. The molecule has 0 saturated carbocycles. The quantitative estimate of drug-likeness (QED) is 0.120. The monoisotopic (exact) mass is 402 g/mol. The lowest BCUT2D eigenvalue weighted by atomic mass is 10.2. The molecule has 0 aromatic rings. The van der Waals surface area contributed by atoms with Gasteiger partial charge in [-0.15, -0.1) is 0 Å². The van der Waals surface area contributed by atoms with E-state index >= 15 is 0 Å². The minimum absolute atomic E-state index is 0.00620. The fraction of sp³-hybridized carbons (Fsp3) is 0.778. The average molecular weight is 402 g/mol. The van der Waals surface area contributed by atoms with Crippen molar-refractivity contribution in [3.8, 4) is 0 Å². The maximum Gasteiger partial charge on any atom is 0.246 e. The van der Waals surface area contributed by atoms with Crippen molar-refractivity contribution in [2.45, 2.75) is 64.2 Å². The van der Waals surface area contributed by atoms with E-state index in [2.05, 4.69) is 5.32 Å². The molecule has 162 valence electrons. The Labute approximate surface area is 165 Å². The Morgan fingerprint density at radius 1 is 0.821 bits per heavy atom. The summed E-state index contributed by atoms with van der Waals surface area (Å²) < 4.78 is 0. The Bertz CT molecular complexity index is 475. The molecular formula is C18H34N4O6. The summed E-state index contributed by atoms with van der Waals surface area (Å²) in [7, 11) is 0. The molecule has 0 fully saturated rings. The summed E-state index contributed by atoms with van der Waals surface area (Å²) in [5, 5.41) is 23.0. The fourth-order valence-corrected chi connectivity index (χ4v) is 2.37. The van der Waals surface area contributed by atoms with Crippen LogP contribution in [0.25, 0.3) is 0 Å². The van der Waals surface area contributed by atoms with Crippen molar-refractivity contribution in [3.63, 3.8) is 0 Å². The zero-order valence-electron chi connectivity index (χ0n) is 16.5. The van der Waals surface area contributed by atoms with Gasteiger partial charge in [-0.2, -0.15) is 0 Å². The van der Waals surface area contributed by atoms with Crippen LogP contribution in [-0.2, 0) is 19.2 Å². The number of nitrogens with zero attached hydrogens (tertiary/aromatic N) is 2. The van der Waals surface area contributed by atoms with E-state index in [4.69, 9.17) is 5.73 Å². The molecule has 0 atom stereocenters. The van der Waals surface area contributed by atoms with Gasteiger partial charge in [-0.1, -0.05) is 6.42 Å². The first-order valence-corrected chi connectivity index (χ1v) is 9.81. The van der Waals surface area contributed by atoms with Crippen molar-refractivity contribution in [2.24, 2.45) is 5.73 Å². The van der Waals surface area contributed by atoms with Crippen LogP contribution in [0, 0.1) is 0 Å². The van der Waals surface area contributed by atoms with E-state index in [1.807, 2.05) is 0 Å². The second-order valence-corrected chi connectivity index (χ2v) is 6.50. The van der Waals surface area contributed by atoms with Crippen LogP contribution in [0.15, 0.2) is 0 Å². The molecule has 0 aliphatic heterocycles. The van der Waals surface area contributed by atoms with Crippen LogP contribution in [0.2, 0.25) is 0 Å². The summed E-state index contributed by atoms with van der Waals surface area (Å²) in [5.74, 6) is -1.23. The smallest absolute Gasteiger partial charge is 0.246 e. The van der Waals surface area contributed by atoms with Crippen LogP contribution in [0.3, 0.4) is 0 Å². The van der Waals surface area contributed by atoms with Gasteiger partial charge in [0.05, 0.1) is 0 Å². The van der Waals surface area contributed by atoms with Crippen LogP contribution >= 0.6 is 0 Å². The molecule has 0 aliphatic rings. The Hall–Kier alpha value is -2.04. The summed E-state index contributed by atoms with van der Waals surface area (Å²) in [5.41, 5.74) is 5.37. The molecule has 0 aromatic heterocycles. The molecule has 0 saturated heterocycles. The number of nitrogens with one attached hydrogen (secondary N) is 1. The van der Waals surface area contributed by atoms with E-state index in [-0.39, 0.29) is 44.7 Å². The molecule has 28 heavy (non-hydrogen) atoms. The molecule has 0 spiro atoms. The van der Waals surface area contributed by atoms with Crippen LogP contribution in [0.1, 0.15) is 64.2 Å². The number of rotatable bonds is 17. The minimum atomic E-state index is -0.484. The number of unbranched alkanes of at least 4 members (excludes halogenated alkanes) is 4. The molecule has 0 bridgehead atoms. The molecule has 0 aromatic carbocycles. The third-order valence-corrected chi connectivity index (χ3v) is 4.06. The summed E-state index contributed by atoms with van der Waals surface area (Å²) in [6.45, 7) is 1.43. The number of carbonyl (C=O) groups excluding carboxylic acids is 4. The molecular weight excluding hydrogens is 368 g/mol. The number of amides is 3. The standard InChI is InChI=1S/C18H34N4O6/c19-11-3-1-5-13-22(28)18(26)10-9-16(24)20-12-4-2-6-14-21(27)17(25)8-7-15-23/h15,27-28H,1-14,19H2,(H,20,24). The van der Waals surface area contributed by atoms with Crippen LogP contribution < -0.4 is 11.1 Å². The number of nitrogens with two attached hydrogens (primary N) is 1. The largest absolute Gasteiger partial charge is 0.356 e. The third-order valence-electron chi connectivity index (χ3n) is 4.06. The molecule has 5 N–H and O–H groups in total. The highest BCUT2D eigenvalue weighted by Crippen LogP contribution is 2.02. The van der Waals surface area contributed by atoms with Gasteiger partial charge in [-0.25, -0.2) is 10.1 Å². The molecule has 10 nitrogen and oxygen atoms in total. The maximum absolute atomic E-state index is 11.7. The van der Waals surface area contributed by atoms with Crippen molar-refractivity contribution < 1.29 is 29.6 Å². The molecule has 0 unspecified atom stereocenters. The van der Waals surface area contributed by atoms with Crippen molar-refractivity contribution in [1.82, 2.24) is 15.4 Å². The lowest BCUT2D eigenvalue weighted by Crippen LogP contribution is -2.31. The highest BCUT2D eigenvalue weighted by Gasteiger charge is 2.13. The topological polar surface area (TPSA) is 153 Å². The fourth-order valence-electron chi connectivity index (χ4n) is 2.37. The summed E-state index contributed by atoms with van der Waals surface area (Å²) in [4.78, 5) is 45.0. The van der Waals surface area contributed by atoms with E-state index in [0.717, 1.165) is 12.8 Å². The number of hydrogen-bond acceptors (Lipinski definition) is 7. The van der Waals surface area contributed by atoms with E-state index in [0.29, 0.717) is 55.2 Å². The predicted octanol–water partition coefficient (Wildman–Crippen LogP) is 0.597. The lowest BCUT2D eigenvalue weighted by Gasteiger charge is -2.15. The average Bonchev–Trinajstić information content (AvgIpc) is 2.69. The van der Waals surface area contributed by atoms with Gasteiger partial charge in [0, 0.05) is 45.3 Å². The van der Waals surface area contributed by atoms with Crippen molar-refractivity contribution >= 4 is 24.0 Å². The van der Waals surface area contributed by atoms with Gasteiger partial charge in [-0.05, 0) is 38.6 Å². The van der Waals surface area contributed by atoms with Crippen LogP contribution in [-0.4, -0.2) is 70.7 Å². The van der Waals surface area contributed by atoms with E-state index in [1.165, 1.54) is 0 Å². The second-order valence-electron chi connectivity index (χ2n) is 6.50. The normalized spacial score (nSPS) is 10.4. The van der Waals surface area contributed by atoms with Crippen LogP contribution in [0.5, 0.6) is 0 Å². The van der Waals surface area contributed by atoms with Gasteiger partial charge >= 0.3 is 0 Å². The first-order valence-electron chi connectivity index (χ1n) is 9.81. The highest BCUT2D eigenvalue weighted by atomic mass is 16.5. The van der Waals surface area contributed by atoms with Gasteiger partial charge in [0.1, 0.15) is 6.29 Å². The minimum Gasteiger partial charge on any atom is -0.356 e. The SMILES string of the molecule is NCCCCCN(O)C(=O)CCC(=O)NCCCCCN(O)C(=O)CCC=O. The summed E-state index contributed by atoms with van der Waals surface area (Å²) in [6, 6.07) is 0. The molecule has 0 rings (SSSR count). The van der Waals surface area contributed by atoms with Gasteiger partial charge in [0.15, 0.2) is 0 Å². The Morgan fingerprint density at radius 2 is 1.39 bits per heavy atom. The number of carbonyl (C=O) groups is 4. The Balaban J connectivity index is 3.67. The second kappa shape index (κ2) is 17.1. The van der Waals surface area contributed by atoms with Crippen molar-refractivity contribution in [3.05, 3.63) is 0 Å². The number of hydrogen-bond donors (Lipinski definition) is 4. The van der Waals surface area contributed by atoms with Gasteiger partial charge in [0.2, 0.25) is 17.7 Å². The van der Waals surface area contributed by atoms with Gasteiger partial charge in [-0.3, -0.25) is 24.8 Å². The predicted molar refractivity (Wildman–Crippen MR) is 101 cm³/mol. The Morgan fingerprint density at radius 3 is 1.96 bits per heavy atom. The highest BCUT2D eigenvalue weighted by molar-refractivity contribution is 5.83. The lowest BCUT2D eigenvalue weighted by molar-refractivity contribution is -0.166. The molecule has 0 radical (unpaired) electrons. The number of hydroxylamine groups is 4. The first kappa shape index (κ1) is 26.0.